The highest BCUT2D eigenvalue weighted by atomic mass is 16.7. The molecule has 0 aliphatic carbocycles. The number of hydrogen-bond donors (Lipinski definition) is 2. The number of hydrogen-bond acceptors (Lipinski definition) is 4. The SMILES string of the molecule is CCC(N)COC(OCC(N)CC)c1ccccc1. The van der Waals surface area contributed by atoms with Crippen LogP contribution in [0.15, 0.2) is 30.3 Å². The summed E-state index contributed by atoms with van der Waals surface area (Å²) in [6.07, 6.45) is 1.38. The molecule has 1 aromatic carbocycles. The van der Waals surface area contributed by atoms with Gasteiger partial charge in [0.15, 0.2) is 6.29 Å². The first kappa shape index (κ1) is 16.1. The van der Waals surface area contributed by atoms with Crippen molar-refractivity contribution < 1.29 is 9.47 Å². The fraction of sp³-hybridized carbons (Fsp3) is 0.600. The largest absolute Gasteiger partial charge is 0.347 e. The maximum Gasteiger partial charge on any atom is 0.183 e. The number of benzene rings is 1. The third-order valence-electron chi connectivity index (χ3n) is 3.04. The fourth-order valence-electron chi connectivity index (χ4n) is 1.51. The van der Waals surface area contributed by atoms with E-state index in [1.807, 2.05) is 44.2 Å². The van der Waals surface area contributed by atoms with Crippen molar-refractivity contribution in [2.24, 2.45) is 11.5 Å². The molecular formula is C15H26N2O2. The van der Waals surface area contributed by atoms with E-state index in [0.717, 1.165) is 18.4 Å². The van der Waals surface area contributed by atoms with Crippen molar-refractivity contribution in [1.29, 1.82) is 0 Å². The Bertz CT molecular complexity index is 318. The molecule has 4 heteroatoms. The molecule has 0 aliphatic rings. The van der Waals surface area contributed by atoms with Crippen LogP contribution in [-0.2, 0) is 9.47 Å². The van der Waals surface area contributed by atoms with Gasteiger partial charge in [0.2, 0.25) is 0 Å². The number of nitrogens with two attached hydrogens (primary N) is 2. The molecule has 0 amide bonds. The summed E-state index contributed by atoms with van der Waals surface area (Å²) in [4.78, 5) is 0. The lowest BCUT2D eigenvalue weighted by atomic mass is 10.2. The predicted molar refractivity (Wildman–Crippen MR) is 77.6 cm³/mol. The van der Waals surface area contributed by atoms with E-state index in [0.29, 0.717) is 13.2 Å². The van der Waals surface area contributed by atoms with Crippen molar-refractivity contribution in [2.45, 2.75) is 45.1 Å². The van der Waals surface area contributed by atoms with Gasteiger partial charge < -0.3 is 20.9 Å². The van der Waals surface area contributed by atoms with Crippen molar-refractivity contribution in [3.05, 3.63) is 35.9 Å². The van der Waals surface area contributed by atoms with Gasteiger partial charge in [0, 0.05) is 17.6 Å². The van der Waals surface area contributed by atoms with Crippen LogP contribution in [0.4, 0.5) is 0 Å². The maximum absolute atomic E-state index is 5.88. The lowest BCUT2D eigenvalue weighted by Gasteiger charge is -2.22. The second-order valence-electron chi connectivity index (χ2n) is 4.75. The van der Waals surface area contributed by atoms with E-state index < -0.39 is 6.29 Å². The zero-order valence-electron chi connectivity index (χ0n) is 11.9. The Morgan fingerprint density at radius 3 is 1.79 bits per heavy atom. The minimum atomic E-state index is -0.392. The number of rotatable bonds is 9. The molecule has 1 rings (SSSR count). The van der Waals surface area contributed by atoms with Crippen LogP contribution in [0.1, 0.15) is 38.5 Å². The fourth-order valence-corrected chi connectivity index (χ4v) is 1.51. The van der Waals surface area contributed by atoms with Crippen LogP contribution in [0.2, 0.25) is 0 Å². The third-order valence-corrected chi connectivity index (χ3v) is 3.04. The van der Waals surface area contributed by atoms with Gasteiger partial charge in [0.25, 0.3) is 0 Å². The van der Waals surface area contributed by atoms with Crippen LogP contribution in [0.3, 0.4) is 0 Å². The third kappa shape index (κ3) is 6.16. The smallest absolute Gasteiger partial charge is 0.183 e. The molecule has 0 fully saturated rings. The van der Waals surface area contributed by atoms with Gasteiger partial charge in [-0.25, -0.2) is 0 Å². The Morgan fingerprint density at radius 2 is 1.37 bits per heavy atom. The highest BCUT2D eigenvalue weighted by Crippen LogP contribution is 2.19. The normalized spacial score (nSPS) is 16.0. The zero-order valence-corrected chi connectivity index (χ0v) is 11.9. The van der Waals surface area contributed by atoms with E-state index in [1.54, 1.807) is 0 Å². The van der Waals surface area contributed by atoms with Crippen molar-refractivity contribution in [3.8, 4) is 0 Å². The monoisotopic (exact) mass is 266 g/mol. The van der Waals surface area contributed by atoms with Crippen molar-refractivity contribution >= 4 is 0 Å². The van der Waals surface area contributed by atoms with Gasteiger partial charge in [0.1, 0.15) is 0 Å². The molecule has 0 spiro atoms. The highest BCUT2D eigenvalue weighted by molar-refractivity contribution is 5.15. The van der Waals surface area contributed by atoms with E-state index in [2.05, 4.69) is 0 Å². The van der Waals surface area contributed by atoms with Gasteiger partial charge >= 0.3 is 0 Å². The summed E-state index contributed by atoms with van der Waals surface area (Å²) in [6, 6.07) is 9.95. The molecule has 0 aromatic heterocycles. The molecule has 19 heavy (non-hydrogen) atoms. The quantitative estimate of drug-likeness (QED) is 0.672. The Balaban J connectivity index is 2.57. The Hall–Kier alpha value is -0.940. The Labute approximate surface area is 116 Å². The van der Waals surface area contributed by atoms with Gasteiger partial charge in [-0.2, -0.15) is 0 Å². The zero-order chi connectivity index (χ0) is 14.1. The minimum Gasteiger partial charge on any atom is -0.347 e. The molecule has 0 bridgehead atoms. The minimum absolute atomic E-state index is 0.0367. The average molecular weight is 266 g/mol. The Kier molecular flexibility index (Phi) is 7.67. The molecule has 2 atom stereocenters. The molecular weight excluding hydrogens is 240 g/mol. The van der Waals surface area contributed by atoms with Gasteiger partial charge in [-0.1, -0.05) is 44.2 Å². The van der Waals surface area contributed by atoms with E-state index in [1.165, 1.54) is 0 Å². The standard InChI is InChI=1S/C15H26N2O2/c1-3-13(16)10-18-15(19-11-14(17)4-2)12-8-6-5-7-9-12/h5-9,13-15H,3-4,10-11,16-17H2,1-2H3. The maximum atomic E-state index is 5.88. The van der Waals surface area contributed by atoms with Crippen molar-refractivity contribution in [1.82, 2.24) is 0 Å². The topological polar surface area (TPSA) is 70.5 Å². The summed E-state index contributed by atoms with van der Waals surface area (Å²) in [5, 5.41) is 0. The van der Waals surface area contributed by atoms with Crippen LogP contribution in [0.25, 0.3) is 0 Å². The van der Waals surface area contributed by atoms with Crippen LogP contribution < -0.4 is 11.5 Å². The molecule has 0 radical (unpaired) electrons. The average Bonchev–Trinajstić information content (AvgIpc) is 2.47. The molecule has 4 nitrogen and oxygen atoms in total. The summed E-state index contributed by atoms with van der Waals surface area (Å²) in [5.74, 6) is 0. The van der Waals surface area contributed by atoms with Gasteiger partial charge in [-0.15, -0.1) is 0 Å². The Morgan fingerprint density at radius 1 is 0.895 bits per heavy atom. The van der Waals surface area contributed by atoms with Crippen LogP contribution >= 0.6 is 0 Å². The van der Waals surface area contributed by atoms with Gasteiger partial charge in [0.05, 0.1) is 13.2 Å². The van der Waals surface area contributed by atoms with Gasteiger partial charge in [-0.05, 0) is 12.8 Å². The molecule has 2 unspecified atom stereocenters. The predicted octanol–water partition coefficient (Wildman–Crippen LogP) is 2.19. The summed E-state index contributed by atoms with van der Waals surface area (Å²) >= 11 is 0. The highest BCUT2D eigenvalue weighted by Gasteiger charge is 2.15. The molecule has 0 saturated heterocycles. The van der Waals surface area contributed by atoms with Crippen LogP contribution in [0, 0.1) is 0 Å². The first-order chi connectivity index (χ1) is 9.17. The molecule has 0 aliphatic heterocycles. The number of ether oxygens (including phenoxy) is 2. The second-order valence-corrected chi connectivity index (χ2v) is 4.75. The van der Waals surface area contributed by atoms with Crippen molar-refractivity contribution in [3.63, 3.8) is 0 Å². The molecule has 108 valence electrons. The summed E-state index contributed by atoms with van der Waals surface area (Å²) in [7, 11) is 0. The molecule has 4 N–H and O–H groups in total. The molecule has 0 saturated carbocycles. The summed E-state index contributed by atoms with van der Waals surface area (Å²) < 4.78 is 11.5. The van der Waals surface area contributed by atoms with Gasteiger partial charge in [-0.3, -0.25) is 0 Å². The second kappa shape index (κ2) is 9.04. The van der Waals surface area contributed by atoms with E-state index in [9.17, 15) is 0 Å². The van der Waals surface area contributed by atoms with Crippen LogP contribution in [0.5, 0.6) is 0 Å². The first-order valence-corrected chi connectivity index (χ1v) is 6.96. The van der Waals surface area contributed by atoms with Crippen LogP contribution in [-0.4, -0.2) is 25.3 Å². The van der Waals surface area contributed by atoms with E-state index in [4.69, 9.17) is 20.9 Å². The van der Waals surface area contributed by atoms with E-state index >= 15 is 0 Å². The lowest BCUT2D eigenvalue weighted by Crippen LogP contribution is -2.30. The molecule has 1 aromatic rings. The summed E-state index contributed by atoms with van der Waals surface area (Å²) in [6.45, 7) is 5.05. The molecule has 0 heterocycles. The lowest BCUT2D eigenvalue weighted by molar-refractivity contribution is -0.152. The first-order valence-electron chi connectivity index (χ1n) is 6.96. The van der Waals surface area contributed by atoms with Crippen molar-refractivity contribution in [2.75, 3.05) is 13.2 Å². The summed E-state index contributed by atoms with van der Waals surface area (Å²) in [5.41, 5.74) is 12.7. The van der Waals surface area contributed by atoms with E-state index in [-0.39, 0.29) is 12.1 Å².